The van der Waals surface area contributed by atoms with Gasteiger partial charge in [-0.05, 0) is 23.8 Å². The zero-order valence-electron chi connectivity index (χ0n) is 12.3. The van der Waals surface area contributed by atoms with Gasteiger partial charge in [-0.3, -0.25) is 10.1 Å². The SMILES string of the molecule is N#CCC(=O)Nc1cccc(NC(=O)OCc2ccccc2)c1. The zero-order chi connectivity index (χ0) is 16.5. The molecule has 2 rings (SSSR count). The minimum atomic E-state index is -0.589. The number of anilines is 2. The van der Waals surface area contributed by atoms with E-state index >= 15 is 0 Å². The van der Waals surface area contributed by atoms with Crippen molar-refractivity contribution in [3.8, 4) is 6.07 Å². The first-order valence-corrected chi connectivity index (χ1v) is 6.92. The van der Waals surface area contributed by atoms with E-state index in [1.54, 1.807) is 30.3 Å². The average Bonchev–Trinajstić information content (AvgIpc) is 2.54. The van der Waals surface area contributed by atoms with Gasteiger partial charge in [-0.15, -0.1) is 0 Å². The van der Waals surface area contributed by atoms with Crippen LogP contribution in [-0.2, 0) is 16.1 Å². The molecule has 0 radical (unpaired) electrons. The van der Waals surface area contributed by atoms with Gasteiger partial charge in [0.2, 0.25) is 5.91 Å². The molecule has 0 aliphatic heterocycles. The molecular formula is C17H15N3O3. The zero-order valence-corrected chi connectivity index (χ0v) is 12.3. The first kappa shape index (κ1) is 16.0. The number of ether oxygens (including phenoxy) is 1. The Morgan fingerprint density at radius 3 is 2.39 bits per heavy atom. The Bertz CT molecular complexity index is 723. The molecule has 0 atom stereocenters. The van der Waals surface area contributed by atoms with Crippen molar-refractivity contribution < 1.29 is 14.3 Å². The molecule has 0 aromatic heterocycles. The van der Waals surface area contributed by atoms with Crippen molar-refractivity contribution >= 4 is 23.4 Å². The Hall–Kier alpha value is -3.33. The van der Waals surface area contributed by atoms with Crippen LogP contribution in [0.15, 0.2) is 54.6 Å². The summed E-state index contributed by atoms with van der Waals surface area (Å²) in [4.78, 5) is 23.1. The summed E-state index contributed by atoms with van der Waals surface area (Å²) in [5, 5.41) is 13.6. The molecular weight excluding hydrogens is 294 g/mol. The number of nitrogens with one attached hydrogen (secondary N) is 2. The third-order valence-electron chi connectivity index (χ3n) is 2.85. The number of hydrogen-bond acceptors (Lipinski definition) is 4. The molecule has 116 valence electrons. The Kier molecular flexibility index (Phi) is 5.72. The number of carbonyl (C=O) groups excluding carboxylic acids is 2. The van der Waals surface area contributed by atoms with Gasteiger partial charge in [-0.1, -0.05) is 36.4 Å². The molecule has 6 heteroatoms. The lowest BCUT2D eigenvalue weighted by atomic mass is 10.2. The Morgan fingerprint density at radius 1 is 1.00 bits per heavy atom. The summed E-state index contributed by atoms with van der Waals surface area (Å²) in [5.41, 5.74) is 1.86. The van der Waals surface area contributed by atoms with Gasteiger partial charge >= 0.3 is 6.09 Å². The molecule has 0 aliphatic rings. The van der Waals surface area contributed by atoms with Gasteiger partial charge in [-0.2, -0.15) is 5.26 Å². The highest BCUT2D eigenvalue weighted by molar-refractivity contribution is 5.93. The number of rotatable bonds is 5. The quantitative estimate of drug-likeness (QED) is 0.886. The average molecular weight is 309 g/mol. The molecule has 0 saturated heterocycles. The summed E-state index contributed by atoms with van der Waals surface area (Å²) in [6.45, 7) is 0.172. The molecule has 0 heterocycles. The Morgan fingerprint density at radius 2 is 1.70 bits per heavy atom. The van der Waals surface area contributed by atoms with Crippen molar-refractivity contribution in [2.75, 3.05) is 10.6 Å². The van der Waals surface area contributed by atoms with Crippen molar-refractivity contribution in [1.29, 1.82) is 5.26 Å². The maximum atomic E-state index is 11.8. The molecule has 0 saturated carbocycles. The maximum Gasteiger partial charge on any atom is 0.411 e. The monoisotopic (exact) mass is 309 g/mol. The van der Waals surface area contributed by atoms with Gasteiger partial charge in [-0.25, -0.2) is 4.79 Å². The molecule has 0 unspecified atom stereocenters. The van der Waals surface area contributed by atoms with Crippen LogP contribution < -0.4 is 10.6 Å². The van der Waals surface area contributed by atoms with E-state index in [1.165, 1.54) is 0 Å². The largest absolute Gasteiger partial charge is 0.444 e. The predicted molar refractivity (Wildman–Crippen MR) is 85.6 cm³/mol. The molecule has 23 heavy (non-hydrogen) atoms. The van der Waals surface area contributed by atoms with E-state index in [9.17, 15) is 9.59 Å². The van der Waals surface area contributed by atoms with E-state index in [0.717, 1.165) is 5.56 Å². The van der Waals surface area contributed by atoms with Gasteiger partial charge in [0.05, 0.1) is 6.07 Å². The van der Waals surface area contributed by atoms with E-state index in [1.807, 2.05) is 30.3 Å². The topological polar surface area (TPSA) is 91.2 Å². The highest BCUT2D eigenvalue weighted by atomic mass is 16.5. The molecule has 0 bridgehead atoms. The summed E-state index contributed by atoms with van der Waals surface area (Å²) in [6, 6.07) is 17.7. The fraction of sp³-hybridized carbons (Fsp3) is 0.118. The minimum absolute atomic E-state index is 0.172. The first-order valence-electron chi connectivity index (χ1n) is 6.92. The van der Waals surface area contributed by atoms with Crippen LogP contribution in [0.25, 0.3) is 0 Å². The van der Waals surface area contributed by atoms with Gasteiger partial charge in [0.15, 0.2) is 0 Å². The van der Waals surface area contributed by atoms with E-state index in [0.29, 0.717) is 11.4 Å². The van der Waals surface area contributed by atoms with Crippen LogP contribution in [0, 0.1) is 11.3 Å². The maximum absolute atomic E-state index is 11.8. The normalized spacial score (nSPS) is 9.52. The van der Waals surface area contributed by atoms with Crippen LogP contribution >= 0.6 is 0 Å². The van der Waals surface area contributed by atoms with Crippen LogP contribution in [0.4, 0.5) is 16.2 Å². The third-order valence-corrected chi connectivity index (χ3v) is 2.85. The lowest BCUT2D eigenvalue weighted by Crippen LogP contribution is -2.14. The highest BCUT2D eigenvalue weighted by Crippen LogP contribution is 2.15. The third kappa shape index (κ3) is 5.52. The summed E-state index contributed by atoms with van der Waals surface area (Å²) < 4.78 is 5.11. The standard InChI is InChI=1S/C17H15N3O3/c18-10-9-16(21)19-14-7-4-8-15(11-14)20-17(22)23-12-13-5-2-1-3-6-13/h1-8,11H,9,12H2,(H,19,21)(H,20,22). The van der Waals surface area contributed by atoms with Crippen LogP contribution in [0.5, 0.6) is 0 Å². The summed E-state index contributed by atoms with van der Waals surface area (Å²) >= 11 is 0. The molecule has 2 N–H and O–H groups in total. The van der Waals surface area contributed by atoms with Crippen molar-refractivity contribution in [2.45, 2.75) is 13.0 Å². The van der Waals surface area contributed by atoms with Gasteiger partial charge in [0, 0.05) is 11.4 Å². The lowest BCUT2D eigenvalue weighted by molar-refractivity contribution is -0.115. The van der Waals surface area contributed by atoms with Crippen LogP contribution in [0.2, 0.25) is 0 Å². The number of carbonyl (C=O) groups is 2. The van der Waals surface area contributed by atoms with E-state index in [2.05, 4.69) is 10.6 Å². The molecule has 2 aromatic rings. The molecule has 0 spiro atoms. The smallest absolute Gasteiger partial charge is 0.411 e. The second-order valence-corrected chi connectivity index (χ2v) is 4.65. The fourth-order valence-corrected chi connectivity index (χ4v) is 1.83. The van der Waals surface area contributed by atoms with Crippen molar-refractivity contribution in [2.24, 2.45) is 0 Å². The minimum Gasteiger partial charge on any atom is -0.444 e. The number of hydrogen-bond donors (Lipinski definition) is 2. The Balaban J connectivity index is 1.88. The highest BCUT2D eigenvalue weighted by Gasteiger charge is 2.06. The van der Waals surface area contributed by atoms with Crippen molar-refractivity contribution in [3.05, 3.63) is 60.2 Å². The molecule has 2 amide bonds. The number of nitrogens with zero attached hydrogens (tertiary/aromatic N) is 1. The molecule has 0 aliphatic carbocycles. The van der Waals surface area contributed by atoms with Gasteiger partial charge in [0.1, 0.15) is 13.0 Å². The summed E-state index contributed by atoms with van der Waals surface area (Å²) in [7, 11) is 0. The number of amides is 2. The Labute approximate surface area is 133 Å². The number of nitriles is 1. The van der Waals surface area contributed by atoms with E-state index < -0.39 is 12.0 Å². The summed E-state index contributed by atoms with van der Waals surface area (Å²) in [5.74, 6) is -0.406. The van der Waals surface area contributed by atoms with Crippen molar-refractivity contribution in [3.63, 3.8) is 0 Å². The first-order chi connectivity index (χ1) is 11.2. The van der Waals surface area contributed by atoms with Crippen LogP contribution in [0.3, 0.4) is 0 Å². The second kappa shape index (κ2) is 8.20. The van der Waals surface area contributed by atoms with Crippen molar-refractivity contribution in [1.82, 2.24) is 0 Å². The summed E-state index contributed by atoms with van der Waals surface area (Å²) in [6.07, 6.45) is -0.814. The molecule has 2 aromatic carbocycles. The van der Waals surface area contributed by atoms with Gasteiger partial charge in [0.25, 0.3) is 0 Å². The predicted octanol–water partition coefficient (Wildman–Crippen LogP) is 3.29. The number of benzene rings is 2. The van der Waals surface area contributed by atoms with E-state index in [4.69, 9.17) is 10.00 Å². The molecule has 0 fully saturated rings. The van der Waals surface area contributed by atoms with Gasteiger partial charge < -0.3 is 10.1 Å². The second-order valence-electron chi connectivity index (χ2n) is 4.65. The van der Waals surface area contributed by atoms with E-state index in [-0.39, 0.29) is 13.0 Å². The molecule has 6 nitrogen and oxygen atoms in total. The van der Waals surface area contributed by atoms with Crippen LogP contribution in [0.1, 0.15) is 12.0 Å². The fourth-order valence-electron chi connectivity index (χ4n) is 1.83. The van der Waals surface area contributed by atoms with Crippen LogP contribution in [-0.4, -0.2) is 12.0 Å². The lowest BCUT2D eigenvalue weighted by Gasteiger charge is -2.09.